The first-order valence-corrected chi connectivity index (χ1v) is 10.1. The molecule has 0 aliphatic carbocycles. The van der Waals surface area contributed by atoms with Crippen LogP contribution in [0.1, 0.15) is 12.0 Å². The number of methoxy groups -OCH3 is 1. The van der Waals surface area contributed by atoms with Crippen LogP contribution in [0.25, 0.3) is 0 Å². The summed E-state index contributed by atoms with van der Waals surface area (Å²) in [5.74, 6) is 0. The van der Waals surface area contributed by atoms with Crippen molar-refractivity contribution < 1.29 is 13.2 Å². The second-order valence-corrected chi connectivity index (χ2v) is 8.42. The Morgan fingerprint density at radius 1 is 1.17 bits per heavy atom. The number of nitrogens with one attached hydrogen (secondary N) is 1. The third kappa shape index (κ3) is 3.97. The van der Waals surface area contributed by atoms with E-state index in [-0.39, 0.29) is 0 Å². The Balaban J connectivity index is 1.64. The molecule has 1 unspecified atom stereocenters. The number of sulfonamides is 1. The number of ether oxygens (including phenoxy) is 1. The molecule has 2 saturated heterocycles. The normalized spacial score (nSPS) is 23.6. The third-order valence-corrected chi connectivity index (χ3v) is 6.83. The van der Waals surface area contributed by atoms with Crippen molar-refractivity contribution in [3.63, 3.8) is 0 Å². The van der Waals surface area contributed by atoms with Gasteiger partial charge in [0.25, 0.3) is 0 Å². The van der Waals surface area contributed by atoms with Crippen molar-refractivity contribution >= 4 is 10.0 Å². The van der Waals surface area contributed by atoms with Gasteiger partial charge in [-0.05, 0) is 30.5 Å². The van der Waals surface area contributed by atoms with Gasteiger partial charge in [-0.3, -0.25) is 4.90 Å². The van der Waals surface area contributed by atoms with Gasteiger partial charge in [-0.2, -0.15) is 4.31 Å². The summed E-state index contributed by atoms with van der Waals surface area (Å²) in [6.07, 6.45) is 1.72. The molecule has 1 aromatic rings. The number of nitrogens with zero attached hydrogens (tertiary/aromatic N) is 2. The standard InChI is InChI=1S/C17H27N3O3S/c1-23-13-7-15-2-4-17(5-3-15)24(21,22)20-10-6-16(14-20)19-11-8-18-9-12-19/h2-5,16,18H,6-14H2,1H3. The number of piperazine rings is 1. The molecule has 1 atom stereocenters. The van der Waals surface area contributed by atoms with Crippen molar-refractivity contribution in [1.82, 2.24) is 14.5 Å². The van der Waals surface area contributed by atoms with Crippen LogP contribution >= 0.6 is 0 Å². The van der Waals surface area contributed by atoms with Gasteiger partial charge in [-0.25, -0.2) is 8.42 Å². The van der Waals surface area contributed by atoms with E-state index in [0.29, 0.717) is 30.6 Å². The lowest BCUT2D eigenvalue weighted by atomic mass is 10.2. The molecule has 0 spiro atoms. The zero-order valence-corrected chi connectivity index (χ0v) is 15.1. The smallest absolute Gasteiger partial charge is 0.243 e. The summed E-state index contributed by atoms with van der Waals surface area (Å²) in [6, 6.07) is 7.56. The fraction of sp³-hybridized carbons (Fsp3) is 0.647. The number of hydrogen-bond acceptors (Lipinski definition) is 5. The molecule has 1 N–H and O–H groups in total. The molecule has 2 fully saturated rings. The maximum absolute atomic E-state index is 12.9. The fourth-order valence-electron chi connectivity index (χ4n) is 3.47. The van der Waals surface area contributed by atoms with Gasteiger partial charge in [0.15, 0.2) is 0 Å². The van der Waals surface area contributed by atoms with Crippen LogP contribution in [0.5, 0.6) is 0 Å². The highest BCUT2D eigenvalue weighted by Gasteiger charge is 2.35. The van der Waals surface area contributed by atoms with Gasteiger partial charge in [0.05, 0.1) is 11.5 Å². The highest BCUT2D eigenvalue weighted by Crippen LogP contribution is 2.24. The molecule has 0 amide bonds. The van der Waals surface area contributed by atoms with E-state index in [0.717, 1.165) is 44.6 Å². The quantitative estimate of drug-likeness (QED) is 0.809. The Hall–Kier alpha value is -0.990. The average Bonchev–Trinajstić information content (AvgIpc) is 3.12. The summed E-state index contributed by atoms with van der Waals surface area (Å²) in [7, 11) is -1.72. The lowest BCUT2D eigenvalue weighted by Crippen LogP contribution is -2.49. The van der Waals surface area contributed by atoms with Crippen molar-refractivity contribution in [3.05, 3.63) is 29.8 Å². The maximum Gasteiger partial charge on any atom is 0.243 e. The molecule has 0 bridgehead atoms. The van der Waals surface area contributed by atoms with Gasteiger partial charge in [0.2, 0.25) is 10.0 Å². The first-order valence-electron chi connectivity index (χ1n) is 8.64. The zero-order valence-electron chi connectivity index (χ0n) is 14.3. The van der Waals surface area contributed by atoms with Crippen LogP contribution in [0.3, 0.4) is 0 Å². The maximum atomic E-state index is 12.9. The predicted molar refractivity (Wildman–Crippen MR) is 93.6 cm³/mol. The van der Waals surface area contributed by atoms with Crippen LogP contribution in [0.2, 0.25) is 0 Å². The molecule has 0 aromatic heterocycles. The summed E-state index contributed by atoms with van der Waals surface area (Å²) in [6.45, 7) is 5.86. The van der Waals surface area contributed by atoms with Crippen LogP contribution in [0.4, 0.5) is 0 Å². The summed E-state index contributed by atoms with van der Waals surface area (Å²) in [5, 5.41) is 3.34. The van der Waals surface area contributed by atoms with E-state index >= 15 is 0 Å². The zero-order chi connectivity index (χ0) is 17.0. The lowest BCUT2D eigenvalue weighted by molar-refractivity contribution is 0.179. The minimum absolute atomic E-state index is 0.350. The largest absolute Gasteiger partial charge is 0.384 e. The molecule has 0 radical (unpaired) electrons. The average molecular weight is 353 g/mol. The van der Waals surface area contributed by atoms with Gasteiger partial charge in [0.1, 0.15) is 0 Å². The van der Waals surface area contributed by atoms with Crippen LogP contribution in [0.15, 0.2) is 29.2 Å². The molecule has 1 aromatic carbocycles. The van der Waals surface area contributed by atoms with Gasteiger partial charge < -0.3 is 10.1 Å². The summed E-state index contributed by atoms with van der Waals surface area (Å²) in [4.78, 5) is 2.81. The molecule has 7 heteroatoms. The van der Waals surface area contributed by atoms with Crippen molar-refractivity contribution in [2.75, 3.05) is 53.0 Å². The molecular weight excluding hydrogens is 326 g/mol. The van der Waals surface area contributed by atoms with Crippen LogP contribution in [-0.2, 0) is 21.2 Å². The van der Waals surface area contributed by atoms with Gasteiger partial charge >= 0.3 is 0 Å². The fourth-order valence-corrected chi connectivity index (χ4v) is 4.96. The predicted octanol–water partition coefficient (Wildman–Crippen LogP) is 0.544. The molecule has 2 aliphatic rings. The molecule has 2 heterocycles. The minimum atomic E-state index is -3.39. The first kappa shape index (κ1) is 17.8. The van der Waals surface area contributed by atoms with Crippen molar-refractivity contribution in [3.8, 4) is 0 Å². The van der Waals surface area contributed by atoms with E-state index in [9.17, 15) is 8.42 Å². The van der Waals surface area contributed by atoms with Crippen molar-refractivity contribution in [2.24, 2.45) is 0 Å². The monoisotopic (exact) mass is 353 g/mol. The first-order chi connectivity index (χ1) is 11.6. The van der Waals surface area contributed by atoms with Gasteiger partial charge in [-0.1, -0.05) is 12.1 Å². The van der Waals surface area contributed by atoms with Crippen molar-refractivity contribution in [2.45, 2.75) is 23.8 Å². The molecule has 3 rings (SSSR count). The molecular formula is C17H27N3O3S. The van der Waals surface area contributed by atoms with Gasteiger partial charge in [0, 0.05) is 52.4 Å². The Morgan fingerprint density at radius 2 is 1.88 bits per heavy atom. The highest BCUT2D eigenvalue weighted by molar-refractivity contribution is 7.89. The number of hydrogen-bond donors (Lipinski definition) is 1. The highest BCUT2D eigenvalue weighted by atomic mass is 32.2. The molecule has 0 saturated carbocycles. The van der Waals surface area contributed by atoms with Crippen LogP contribution in [0, 0.1) is 0 Å². The SMILES string of the molecule is COCCc1ccc(S(=O)(=O)N2CCC(N3CCNCC3)C2)cc1. The van der Waals surface area contributed by atoms with Crippen molar-refractivity contribution in [1.29, 1.82) is 0 Å². The number of rotatable bonds is 6. The molecule has 2 aliphatic heterocycles. The Morgan fingerprint density at radius 3 is 2.54 bits per heavy atom. The Kier molecular flexibility index (Phi) is 5.89. The number of benzene rings is 1. The van der Waals surface area contributed by atoms with E-state index in [2.05, 4.69) is 10.2 Å². The molecule has 134 valence electrons. The van der Waals surface area contributed by atoms with E-state index in [1.807, 2.05) is 12.1 Å². The van der Waals surface area contributed by atoms with E-state index in [1.165, 1.54) is 0 Å². The summed E-state index contributed by atoms with van der Waals surface area (Å²) < 4.78 is 32.4. The molecule has 6 nitrogen and oxygen atoms in total. The second kappa shape index (κ2) is 7.93. The second-order valence-electron chi connectivity index (χ2n) is 6.48. The topological polar surface area (TPSA) is 61.9 Å². The Labute approximate surface area is 144 Å². The van der Waals surface area contributed by atoms with Gasteiger partial charge in [-0.15, -0.1) is 0 Å². The van der Waals surface area contributed by atoms with E-state index < -0.39 is 10.0 Å². The van der Waals surface area contributed by atoms with E-state index in [4.69, 9.17) is 4.74 Å². The van der Waals surface area contributed by atoms with Crippen LogP contribution in [-0.4, -0.2) is 76.6 Å². The third-order valence-electron chi connectivity index (χ3n) is 4.95. The molecule has 24 heavy (non-hydrogen) atoms. The Bertz CT molecular complexity index is 627. The lowest BCUT2D eigenvalue weighted by Gasteiger charge is -2.32. The summed E-state index contributed by atoms with van der Waals surface area (Å²) in [5.41, 5.74) is 1.09. The minimum Gasteiger partial charge on any atom is -0.384 e. The van der Waals surface area contributed by atoms with Crippen LogP contribution < -0.4 is 5.32 Å². The van der Waals surface area contributed by atoms with E-state index in [1.54, 1.807) is 23.5 Å². The summed E-state index contributed by atoms with van der Waals surface area (Å²) >= 11 is 0.